The number of carbonyl (C=O) groups is 1. The van der Waals surface area contributed by atoms with Crippen molar-refractivity contribution < 1.29 is 32.9 Å². The molecule has 2 aromatic heterocycles. The fourth-order valence-corrected chi connectivity index (χ4v) is 13.8. The minimum Gasteiger partial charge on any atom is -0.490 e. The van der Waals surface area contributed by atoms with Crippen molar-refractivity contribution in [3.05, 3.63) is 102 Å². The summed E-state index contributed by atoms with van der Waals surface area (Å²) in [5.74, 6) is 1.05. The van der Waals surface area contributed by atoms with Crippen LogP contribution in [-0.4, -0.2) is 63.7 Å². The second-order valence-electron chi connectivity index (χ2n) is 18.0. The molecule has 2 saturated carbocycles. The number of fused-ring (bicyclic) bond motifs is 1. The van der Waals surface area contributed by atoms with E-state index < -0.39 is 12.6 Å². The van der Waals surface area contributed by atoms with Crippen LogP contribution in [0.15, 0.2) is 85.1 Å². The molecule has 1 N–H and O–H groups in total. The van der Waals surface area contributed by atoms with Crippen LogP contribution in [0.4, 0.5) is 14.5 Å². The number of para-hydroxylation sites is 1. The van der Waals surface area contributed by atoms with Crippen molar-refractivity contribution in [1.82, 2.24) is 9.38 Å². The first-order chi connectivity index (χ1) is 30.5. The van der Waals surface area contributed by atoms with Crippen molar-refractivity contribution in [2.24, 2.45) is 5.92 Å². The molecule has 3 heterocycles. The highest BCUT2D eigenvalue weighted by molar-refractivity contribution is 7.67. The van der Waals surface area contributed by atoms with Gasteiger partial charge in [-0.05, 0) is 126 Å². The van der Waals surface area contributed by atoms with E-state index in [4.69, 9.17) is 9.47 Å². The molecule has 3 aliphatic rings. The number of nitrogens with zero attached hydrogens (tertiary/aromatic N) is 3. The number of benzene rings is 3. The Hall–Kier alpha value is -4.69. The van der Waals surface area contributed by atoms with Crippen LogP contribution in [-0.2, 0) is 11.2 Å². The molecule has 0 unspecified atom stereocenters. The van der Waals surface area contributed by atoms with E-state index in [0.29, 0.717) is 37.9 Å². The molecule has 0 amide bonds. The monoisotopic (exact) mass is 881 g/mol. The van der Waals surface area contributed by atoms with E-state index in [9.17, 15) is 18.7 Å². The maximum Gasteiger partial charge on any atom is 0.387 e. The molecular weight excluding hydrogens is 816 g/mol. The van der Waals surface area contributed by atoms with E-state index in [0.717, 1.165) is 51.1 Å². The molecule has 0 bridgehead atoms. The number of alkyl halides is 2. The van der Waals surface area contributed by atoms with Crippen molar-refractivity contribution >= 4 is 30.5 Å². The Morgan fingerprint density at radius 1 is 0.730 bits per heavy atom. The lowest BCUT2D eigenvalue weighted by Gasteiger charge is -2.39. The highest BCUT2D eigenvalue weighted by Crippen LogP contribution is 2.57. The Kier molecular flexibility index (Phi) is 16.0. The third-order valence-corrected chi connectivity index (χ3v) is 16.3. The minimum atomic E-state index is -2.88. The summed E-state index contributed by atoms with van der Waals surface area (Å²) < 4.78 is 44.9. The lowest BCUT2D eigenvalue weighted by atomic mass is 9.97. The van der Waals surface area contributed by atoms with E-state index in [2.05, 4.69) is 84.8 Å². The second kappa shape index (κ2) is 21.8. The number of halogens is 2. The fourth-order valence-electron chi connectivity index (χ4n) is 9.83. The highest BCUT2D eigenvalue weighted by Gasteiger charge is 2.35. The van der Waals surface area contributed by atoms with Crippen LogP contribution in [0, 0.1) is 12.8 Å². The number of hydrogen-bond donors (Lipinski definition) is 1. The molecule has 2 aliphatic carbocycles. The first-order valence-electron chi connectivity index (χ1n) is 23.3. The zero-order chi connectivity index (χ0) is 44.5. The van der Waals surface area contributed by atoms with Crippen LogP contribution >= 0.6 is 7.92 Å². The third kappa shape index (κ3) is 11.7. The van der Waals surface area contributed by atoms with Crippen LogP contribution in [0.1, 0.15) is 122 Å². The Balaban J connectivity index is 0.000000190. The number of ether oxygens (including phenoxy) is 3. The molecule has 5 aromatic rings. The van der Waals surface area contributed by atoms with Gasteiger partial charge in [0.15, 0.2) is 0 Å². The average Bonchev–Trinajstić information content (AvgIpc) is 3.58. The fraction of sp³-hybridized carbons (Fsp3) is 0.500. The van der Waals surface area contributed by atoms with E-state index in [1.54, 1.807) is 23.5 Å². The third-order valence-electron chi connectivity index (χ3n) is 12.8. The summed E-state index contributed by atoms with van der Waals surface area (Å²) in [5.41, 5.74) is 8.40. The predicted molar refractivity (Wildman–Crippen MR) is 252 cm³/mol. The maximum atomic E-state index is 12.8. The van der Waals surface area contributed by atoms with Crippen molar-refractivity contribution in [1.29, 1.82) is 0 Å². The molecule has 0 radical (unpaired) electrons. The van der Waals surface area contributed by atoms with Gasteiger partial charge in [-0.15, -0.1) is 0 Å². The van der Waals surface area contributed by atoms with Crippen LogP contribution in [0.3, 0.4) is 0 Å². The molecular formula is C52H66F2N3O5P. The Morgan fingerprint density at radius 2 is 1.30 bits per heavy atom. The molecule has 8 nitrogen and oxygen atoms in total. The molecule has 11 heteroatoms. The van der Waals surface area contributed by atoms with Crippen LogP contribution in [0.5, 0.6) is 17.2 Å². The first-order valence-corrected chi connectivity index (χ1v) is 24.8. The number of aromatic nitrogens is 2. The molecule has 3 fully saturated rings. The topological polar surface area (TPSA) is 85.5 Å². The lowest BCUT2D eigenvalue weighted by molar-refractivity contribution is -0.142. The number of rotatable bonds is 14. The number of piperidine rings is 1. The van der Waals surface area contributed by atoms with Gasteiger partial charge in [-0.2, -0.15) is 8.78 Å². The first kappa shape index (κ1) is 46.3. The van der Waals surface area contributed by atoms with Gasteiger partial charge in [0.25, 0.3) is 0 Å². The summed E-state index contributed by atoms with van der Waals surface area (Å²) in [7, 11) is -0.213. The predicted octanol–water partition coefficient (Wildman–Crippen LogP) is 12.8. The molecule has 1 aliphatic heterocycles. The van der Waals surface area contributed by atoms with Crippen LogP contribution in [0.25, 0.3) is 16.8 Å². The number of hydrogen-bond acceptors (Lipinski definition) is 6. The number of aliphatic carboxylic acids is 1. The molecule has 338 valence electrons. The SMILES string of the molecule is CC(C)Oc1cccc(OC(C)C)c1-c1ccccc1P(C1CCCCC1)C1CCCCC1.Cc1nc2ccc(N3CCC(C(=O)O)CC3)cn2c1Cc1ccccc1OC(F)F. The standard InChI is InChI=1S/C30H43O2P.C22H23F2N3O3/c1-22(2)31-27-19-13-20-28(32-23(3)4)30(27)26-18-11-12-21-29(26)33(24-14-7-5-8-15-24)25-16-9-6-10-17-25;1-14-18(12-16-4-2-3-5-19(16)30-22(23)24)27-13-17(6-7-20(27)25-14)26-10-8-15(9-11-26)21(28)29/h11-13,18-25H,5-10,14-17H2,1-4H3;2-7,13,15,22H,8-12H2,1H3,(H,28,29). The Bertz CT molecular complexity index is 2210. The summed E-state index contributed by atoms with van der Waals surface area (Å²) in [6.07, 6.45) is 18.0. The molecule has 1 saturated heterocycles. The van der Waals surface area contributed by atoms with Crippen LogP contribution < -0.4 is 24.4 Å². The maximum absolute atomic E-state index is 12.8. The van der Waals surface area contributed by atoms with Gasteiger partial charge in [-0.25, -0.2) is 4.98 Å². The van der Waals surface area contributed by atoms with E-state index in [-0.39, 0.29) is 31.8 Å². The van der Waals surface area contributed by atoms with Gasteiger partial charge in [0.05, 0.1) is 35.1 Å². The zero-order valence-corrected chi connectivity index (χ0v) is 38.7. The number of pyridine rings is 1. The van der Waals surface area contributed by atoms with Gasteiger partial charge in [-0.1, -0.05) is 95.0 Å². The number of imidazole rings is 1. The normalized spacial score (nSPS) is 16.8. The second-order valence-corrected chi connectivity index (χ2v) is 20.7. The lowest BCUT2D eigenvalue weighted by Crippen LogP contribution is -2.36. The van der Waals surface area contributed by atoms with Crippen molar-refractivity contribution in [3.63, 3.8) is 0 Å². The number of aryl methyl sites for hydroxylation is 1. The molecule has 0 spiro atoms. The van der Waals surface area contributed by atoms with Gasteiger partial charge in [0.2, 0.25) is 0 Å². The summed E-state index contributed by atoms with van der Waals surface area (Å²) in [5, 5.41) is 10.8. The quantitative estimate of drug-likeness (QED) is 0.111. The Morgan fingerprint density at radius 3 is 1.89 bits per heavy atom. The summed E-state index contributed by atoms with van der Waals surface area (Å²) in [4.78, 5) is 18.0. The van der Waals surface area contributed by atoms with Crippen molar-refractivity contribution in [2.75, 3.05) is 18.0 Å². The van der Waals surface area contributed by atoms with Crippen molar-refractivity contribution in [3.8, 4) is 28.4 Å². The number of anilines is 1. The Labute approximate surface area is 374 Å². The highest BCUT2D eigenvalue weighted by atomic mass is 31.1. The summed E-state index contributed by atoms with van der Waals surface area (Å²) >= 11 is 0. The van der Waals surface area contributed by atoms with E-state index >= 15 is 0 Å². The smallest absolute Gasteiger partial charge is 0.387 e. The zero-order valence-electron chi connectivity index (χ0n) is 37.8. The summed E-state index contributed by atoms with van der Waals surface area (Å²) in [6.45, 7) is 8.83. The van der Waals surface area contributed by atoms with Gasteiger partial charge in [0.1, 0.15) is 22.9 Å². The van der Waals surface area contributed by atoms with Gasteiger partial charge < -0.3 is 28.6 Å². The van der Waals surface area contributed by atoms with Gasteiger partial charge >= 0.3 is 12.6 Å². The van der Waals surface area contributed by atoms with Gasteiger partial charge in [0, 0.05) is 37.0 Å². The minimum absolute atomic E-state index is 0.128. The van der Waals surface area contributed by atoms with E-state index in [1.807, 2.05) is 29.7 Å². The average molecular weight is 882 g/mol. The largest absolute Gasteiger partial charge is 0.490 e. The van der Waals surface area contributed by atoms with Crippen LogP contribution in [0.2, 0.25) is 0 Å². The number of carboxylic acid groups (broad SMARTS) is 1. The molecule has 63 heavy (non-hydrogen) atoms. The van der Waals surface area contributed by atoms with E-state index in [1.165, 1.54) is 75.8 Å². The molecule has 0 atom stereocenters. The van der Waals surface area contributed by atoms with Crippen molar-refractivity contribution in [2.45, 2.75) is 148 Å². The van der Waals surface area contributed by atoms with Gasteiger partial charge in [-0.3, -0.25) is 4.79 Å². The molecule has 8 rings (SSSR count). The number of carboxylic acids is 1. The molecule has 3 aromatic carbocycles. The summed E-state index contributed by atoms with van der Waals surface area (Å²) in [6, 6.07) is 26.3.